The van der Waals surface area contributed by atoms with Crippen LogP contribution in [0.1, 0.15) is 11.6 Å². The van der Waals surface area contributed by atoms with Gasteiger partial charge in [-0.1, -0.05) is 12.1 Å². The third kappa shape index (κ3) is 5.13. The van der Waals surface area contributed by atoms with Gasteiger partial charge in [-0.3, -0.25) is 9.69 Å². The molecule has 0 radical (unpaired) electrons. The maximum Gasteiger partial charge on any atom is 0.244 e. The smallest absolute Gasteiger partial charge is 0.244 e. The Labute approximate surface area is 170 Å². The molecule has 1 N–H and O–H groups in total. The van der Waals surface area contributed by atoms with Crippen molar-refractivity contribution in [3.63, 3.8) is 0 Å². The first-order valence-electron chi connectivity index (χ1n) is 10.0. The van der Waals surface area contributed by atoms with Gasteiger partial charge in [-0.2, -0.15) is 0 Å². The Morgan fingerprint density at radius 1 is 1.14 bits per heavy atom. The third-order valence-electron chi connectivity index (χ3n) is 5.07. The van der Waals surface area contributed by atoms with Gasteiger partial charge in [0.25, 0.3) is 0 Å². The summed E-state index contributed by atoms with van der Waals surface area (Å²) in [6.07, 6.45) is 5.41. The van der Waals surface area contributed by atoms with Crippen LogP contribution in [0, 0.1) is 0 Å². The Morgan fingerprint density at radius 2 is 2.00 bits per heavy atom. The minimum Gasteiger partial charge on any atom is -0.465 e. The zero-order valence-electron chi connectivity index (χ0n) is 16.4. The molecule has 4 rings (SSSR count). The topological polar surface area (TPSA) is 72.5 Å². The average Bonchev–Trinajstić information content (AvgIpc) is 3.39. The molecule has 7 nitrogen and oxygen atoms in total. The predicted octanol–water partition coefficient (Wildman–Crippen LogP) is 2.33. The van der Waals surface area contributed by atoms with Crippen molar-refractivity contribution in [1.29, 1.82) is 0 Å². The molecular formula is C22H26N4O3. The van der Waals surface area contributed by atoms with Crippen molar-refractivity contribution in [1.82, 2.24) is 19.8 Å². The fourth-order valence-corrected chi connectivity index (χ4v) is 3.53. The van der Waals surface area contributed by atoms with Crippen molar-refractivity contribution >= 4 is 23.0 Å². The van der Waals surface area contributed by atoms with Crippen molar-refractivity contribution in [2.75, 3.05) is 39.4 Å². The summed E-state index contributed by atoms with van der Waals surface area (Å²) in [5, 5.41) is 2.92. The third-order valence-corrected chi connectivity index (χ3v) is 5.07. The molecule has 3 heterocycles. The second kappa shape index (κ2) is 9.54. The van der Waals surface area contributed by atoms with E-state index in [0.29, 0.717) is 18.7 Å². The van der Waals surface area contributed by atoms with E-state index in [-0.39, 0.29) is 5.91 Å². The molecule has 0 atom stereocenters. The van der Waals surface area contributed by atoms with E-state index in [4.69, 9.17) is 14.1 Å². The van der Waals surface area contributed by atoms with Gasteiger partial charge in [-0.25, -0.2) is 4.98 Å². The highest BCUT2D eigenvalue weighted by Gasteiger charge is 2.14. The van der Waals surface area contributed by atoms with Gasteiger partial charge in [0, 0.05) is 45.2 Å². The van der Waals surface area contributed by atoms with Crippen LogP contribution in [0.15, 0.2) is 53.2 Å². The fraction of sp³-hybridized carbons (Fsp3) is 0.364. The summed E-state index contributed by atoms with van der Waals surface area (Å²) in [6.45, 7) is 5.92. The largest absolute Gasteiger partial charge is 0.465 e. The summed E-state index contributed by atoms with van der Waals surface area (Å²) in [4.78, 5) is 19.2. The van der Waals surface area contributed by atoms with Gasteiger partial charge in [0.1, 0.15) is 11.6 Å². The molecule has 3 aromatic rings. The number of benzene rings is 1. The molecule has 1 fully saturated rings. The number of furan rings is 1. The van der Waals surface area contributed by atoms with E-state index >= 15 is 0 Å². The van der Waals surface area contributed by atoms with Gasteiger partial charge >= 0.3 is 0 Å². The first-order valence-corrected chi connectivity index (χ1v) is 10.0. The number of para-hydroxylation sites is 2. The molecule has 2 aromatic heterocycles. The molecule has 0 unspecified atom stereocenters. The highest BCUT2D eigenvalue weighted by atomic mass is 16.5. The van der Waals surface area contributed by atoms with Gasteiger partial charge in [-0.05, 0) is 30.3 Å². The molecule has 0 saturated carbocycles. The molecule has 1 amide bonds. The number of carbonyl (C=O) groups excluding carboxylic acids is 1. The van der Waals surface area contributed by atoms with Crippen LogP contribution in [-0.2, 0) is 22.5 Å². The van der Waals surface area contributed by atoms with Gasteiger partial charge in [0.15, 0.2) is 0 Å². The summed E-state index contributed by atoms with van der Waals surface area (Å²) in [6, 6.07) is 11.8. The van der Waals surface area contributed by atoms with Crippen molar-refractivity contribution in [3.05, 3.63) is 60.3 Å². The molecule has 1 aromatic carbocycles. The number of hydrogen-bond donors (Lipinski definition) is 1. The standard InChI is InChI=1S/C22H26N4O3/c27-22(8-7-18-4-3-15-29-18)23-10-9-21-24-19-5-1-2-6-20(19)26(21)12-11-25-13-16-28-17-14-25/h1-8,15H,9-14,16-17H2,(H,23,27)/b8-7+. The SMILES string of the molecule is O=C(/C=C/c1ccco1)NCCc1nc2ccccc2n1CCN1CCOCC1. The minimum atomic E-state index is -0.141. The number of aromatic nitrogens is 2. The number of nitrogens with one attached hydrogen (secondary N) is 1. The maximum atomic E-state index is 12.0. The number of ether oxygens (including phenoxy) is 1. The number of fused-ring (bicyclic) bond motifs is 1. The number of imidazole rings is 1. The van der Waals surface area contributed by atoms with Crippen molar-refractivity contribution in [2.45, 2.75) is 13.0 Å². The van der Waals surface area contributed by atoms with Crippen LogP contribution >= 0.6 is 0 Å². The molecule has 152 valence electrons. The Bertz CT molecular complexity index is 956. The number of morpholine rings is 1. The lowest BCUT2D eigenvalue weighted by Gasteiger charge is -2.27. The molecular weight excluding hydrogens is 368 g/mol. The first kappa shape index (κ1) is 19.4. The van der Waals surface area contributed by atoms with E-state index in [1.54, 1.807) is 24.5 Å². The van der Waals surface area contributed by atoms with Crippen LogP contribution in [0.25, 0.3) is 17.1 Å². The number of amides is 1. The molecule has 0 spiro atoms. The van der Waals surface area contributed by atoms with Gasteiger partial charge in [0.05, 0.1) is 30.5 Å². The Morgan fingerprint density at radius 3 is 2.83 bits per heavy atom. The summed E-state index contributed by atoms with van der Waals surface area (Å²) < 4.78 is 12.9. The minimum absolute atomic E-state index is 0.141. The summed E-state index contributed by atoms with van der Waals surface area (Å²) in [5.74, 6) is 1.51. The van der Waals surface area contributed by atoms with Crippen molar-refractivity contribution in [2.24, 2.45) is 0 Å². The van der Waals surface area contributed by atoms with Crippen LogP contribution in [0.5, 0.6) is 0 Å². The van der Waals surface area contributed by atoms with E-state index < -0.39 is 0 Å². The summed E-state index contributed by atoms with van der Waals surface area (Å²) in [7, 11) is 0. The maximum absolute atomic E-state index is 12.0. The summed E-state index contributed by atoms with van der Waals surface area (Å²) in [5.41, 5.74) is 2.13. The van der Waals surface area contributed by atoms with Crippen LogP contribution in [0.2, 0.25) is 0 Å². The molecule has 1 saturated heterocycles. The highest BCUT2D eigenvalue weighted by molar-refractivity contribution is 5.91. The van der Waals surface area contributed by atoms with E-state index in [1.165, 1.54) is 6.08 Å². The normalized spacial score (nSPS) is 15.3. The number of nitrogens with zero attached hydrogens (tertiary/aromatic N) is 3. The Kier molecular flexibility index (Phi) is 6.38. The molecule has 7 heteroatoms. The molecule has 29 heavy (non-hydrogen) atoms. The lowest BCUT2D eigenvalue weighted by molar-refractivity contribution is -0.116. The first-order chi connectivity index (χ1) is 14.3. The van der Waals surface area contributed by atoms with Crippen molar-refractivity contribution in [3.8, 4) is 0 Å². The second-order valence-corrected chi connectivity index (χ2v) is 7.01. The summed E-state index contributed by atoms with van der Waals surface area (Å²) >= 11 is 0. The lowest BCUT2D eigenvalue weighted by atomic mass is 10.3. The van der Waals surface area contributed by atoms with E-state index in [9.17, 15) is 4.79 Å². The molecule has 0 bridgehead atoms. The number of hydrogen-bond acceptors (Lipinski definition) is 5. The monoisotopic (exact) mass is 394 g/mol. The predicted molar refractivity (Wildman–Crippen MR) is 111 cm³/mol. The zero-order valence-corrected chi connectivity index (χ0v) is 16.4. The van der Waals surface area contributed by atoms with E-state index in [0.717, 1.165) is 56.3 Å². The quantitative estimate of drug-likeness (QED) is 0.594. The lowest BCUT2D eigenvalue weighted by Crippen LogP contribution is -2.38. The van der Waals surface area contributed by atoms with Crippen LogP contribution in [0.4, 0.5) is 0 Å². The van der Waals surface area contributed by atoms with E-state index in [2.05, 4.69) is 20.9 Å². The zero-order chi connectivity index (χ0) is 19.9. The average molecular weight is 394 g/mol. The molecule has 1 aliphatic rings. The van der Waals surface area contributed by atoms with Gasteiger partial charge in [0.2, 0.25) is 5.91 Å². The Balaban J connectivity index is 1.37. The van der Waals surface area contributed by atoms with E-state index in [1.807, 2.05) is 18.2 Å². The fourth-order valence-electron chi connectivity index (χ4n) is 3.53. The van der Waals surface area contributed by atoms with Gasteiger partial charge < -0.3 is 19.0 Å². The highest BCUT2D eigenvalue weighted by Crippen LogP contribution is 2.16. The molecule has 1 aliphatic heterocycles. The second-order valence-electron chi connectivity index (χ2n) is 7.01. The van der Waals surface area contributed by atoms with Gasteiger partial charge in [-0.15, -0.1) is 0 Å². The van der Waals surface area contributed by atoms with Crippen LogP contribution in [-0.4, -0.2) is 59.8 Å². The van der Waals surface area contributed by atoms with Crippen LogP contribution in [0.3, 0.4) is 0 Å². The van der Waals surface area contributed by atoms with Crippen LogP contribution < -0.4 is 5.32 Å². The number of rotatable bonds is 8. The van der Waals surface area contributed by atoms with Crippen molar-refractivity contribution < 1.29 is 13.9 Å². The number of carbonyl (C=O) groups is 1. The molecule has 0 aliphatic carbocycles. The Hall–Kier alpha value is -2.90.